The lowest BCUT2D eigenvalue weighted by Gasteiger charge is -2.19. The molecule has 102 valence electrons. The summed E-state index contributed by atoms with van der Waals surface area (Å²) in [7, 11) is 0. The van der Waals surface area contributed by atoms with Crippen LogP contribution >= 0.6 is 27.3 Å². The zero-order valence-electron chi connectivity index (χ0n) is 10.4. The highest BCUT2D eigenvalue weighted by Gasteiger charge is 2.20. The maximum atomic E-state index is 13.9. The van der Waals surface area contributed by atoms with Gasteiger partial charge in [-0.1, -0.05) is 19.1 Å². The van der Waals surface area contributed by atoms with E-state index in [1.807, 2.05) is 18.4 Å². The maximum Gasteiger partial charge on any atom is 0.163 e. The third-order valence-electron chi connectivity index (χ3n) is 2.81. The van der Waals surface area contributed by atoms with Crippen molar-refractivity contribution in [2.45, 2.75) is 19.4 Å². The molecular formula is C14H14BrF2NS. The van der Waals surface area contributed by atoms with E-state index in [0.29, 0.717) is 5.56 Å². The van der Waals surface area contributed by atoms with Crippen molar-refractivity contribution < 1.29 is 8.78 Å². The van der Waals surface area contributed by atoms with Gasteiger partial charge in [-0.2, -0.15) is 0 Å². The van der Waals surface area contributed by atoms with Crippen LogP contribution in [0.2, 0.25) is 0 Å². The molecule has 1 aromatic heterocycles. The molecule has 1 heterocycles. The Morgan fingerprint density at radius 3 is 2.79 bits per heavy atom. The summed E-state index contributed by atoms with van der Waals surface area (Å²) in [6, 6.07) is 5.91. The van der Waals surface area contributed by atoms with Crippen molar-refractivity contribution in [1.29, 1.82) is 0 Å². The maximum absolute atomic E-state index is 13.9. The standard InChI is InChI=1S/C14H14BrF2NS/c1-2-6-18-14(9-7-12(15)19-8-9)10-4-3-5-11(16)13(10)17/h3-5,7-8,14,18H,2,6H2,1H3. The number of hydrogen-bond donors (Lipinski definition) is 1. The van der Waals surface area contributed by atoms with Gasteiger partial charge in [0.05, 0.1) is 9.83 Å². The first kappa shape index (κ1) is 14.6. The zero-order chi connectivity index (χ0) is 13.8. The van der Waals surface area contributed by atoms with Crippen LogP contribution in [0.4, 0.5) is 8.78 Å². The van der Waals surface area contributed by atoms with Crippen LogP contribution in [0.25, 0.3) is 0 Å². The molecule has 1 atom stereocenters. The molecule has 0 fully saturated rings. The molecule has 1 aromatic carbocycles. The third kappa shape index (κ3) is 3.41. The summed E-state index contributed by atoms with van der Waals surface area (Å²) in [6.45, 7) is 2.78. The van der Waals surface area contributed by atoms with Crippen LogP contribution in [0.1, 0.15) is 30.5 Å². The molecule has 0 saturated carbocycles. The second-order valence-corrected chi connectivity index (χ2v) is 6.50. The minimum absolute atomic E-state index is 0.321. The monoisotopic (exact) mass is 345 g/mol. The summed E-state index contributed by atoms with van der Waals surface area (Å²) in [4.78, 5) is 0. The number of rotatable bonds is 5. The molecule has 2 aromatic rings. The number of benzene rings is 1. The summed E-state index contributed by atoms with van der Waals surface area (Å²) >= 11 is 4.93. The van der Waals surface area contributed by atoms with Gasteiger partial charge in [0.1, 0.15) is 0 Å². The van der Waals surface area contributed by atoms with Gasteiger partial charge in [0, 0.05) is 5.56 Å². The SMILES string of the molecule is CCCNC(c1csc(Br)c1)c1cccc(F)c1F. The first-order valence-electron chi connectivity index (χ1n) is 6.04. The first-order valence-corrected chi connectivity index (χ1v) is 7.72. The van der Waals surface area contributed by atoms with E-state index in [-0.39, 0.29) is 6.04 Å². The molecule has 0 aliphatic heterocycles. The lowest BCUT2D eigenvalue weighted by molar-refractivity contribution is 0.480. The van der Waals surface area contributed by atoms with Crippen molar-refractivity contribution in [3.8, 4) is 0 Å². The van der Waals surface area contributed by atoms with Crippen molar-refractivity contribution in [2.24, 2.45) is 0 Å². The summed E-state index contributed by atoms with van der Waals surface area (Å²) in [5, 5.41) is 5.21. The van der Waals surface area contributed by atoms with Crippen molar-refractivity contribution >= 4 is 27.3 Å². The number of halogens is 3. The molecule has 0 radical (unpaired) electrons. The topological polar surface area (TPSA) is 12.0 Å². The third-order valence-corrected chi connectivity index (χ3v) is 4.33. The van der Waals surface area contributed by atoms with Gasteiger partial charge in [0.2, 0.25) is 0 Å². The molecule has 0 amide bonds. The van der Waals surface area contributed by atoms with Gasteiger partial charge in [-0.05, 0) is 52.0 Å². The van der Waals surface area contributed by atoms with Crippen LogP contribution in [0, 0.1) is 11.6 Å². The van der Waals surface area contributed by atoms with Gasteiger partial charge in [-0.25, -0.2) is 8.78 Å². The Morgan fingerprint density at radius 2 is 2.16 bits per heavy atom. The Morgan fingerprint density at radius 1 is 1.37 bits per heavy atom. The van der Waals surface area contributed by atoms with Gasteiger partial charge < -0.3 is 5.32 Å². The van der Waals surface area contributed by atoms with E-state index in [0.717, 1.165) is 28.4 Å². The summed E-state index contributed by atoms with van der Waals surface area (Å²) < 4.78 is 28.3. The van der Waals surface area contributed by atoms with Crippen LogP contribution in [0.5, 0.6) is 0 Å². The van der Waals surface area contributed by atoms with E-state index < -0.39 is 11.6 Å². The Bertz CT molecular complexity index is 556. The molecule has 19 heavy (non-hydrogen) atoms. The highest BCUT2D eigenvalue weighted by molar-refractivity contribution is 9.11. The van der Waals surface area contributed by atoms with E-state index in [9.17, 15) is 8.78 Å². The number of nitrogens with one attached hydrogen (secondary N) is 1. The van der Waals surface area contributed by atoms with E-state index in [1.54, 1.807) is 6.07 Å². The predicted molar refractivity (Wildman–Crippen MR) is 78.5 cm³/mol. The van der Waals surface area contributed by atoms with Gasteiger partial charge in [-0.15, -0.1) is 11.3 Å². The molecule has 5 heteroatoms. The Balaban J connectivity index is 2.39. The molecule has 0 spiro atoms. The molecule has 1 unspecified atom stereocenters. The normalized spacial score (nSPS) is 12.6. The van der Waals surface area contributed by atoms with Crippen LogP contribution in [0.3, 0.4) is 0 Å². The summed E-state index contributed by atoms with van der Waals surface area (Å²) in [6.07, 6.45) is 0.929. The summed E-state index contributed by atoms with van der Waals surface area (Å²) in [5.41, 5.74) is 1.29. The minimum atomic E-state index is -0.810. The smallest absolute Gasteiger partial charge is 0.163 e. The molecule has 0 aliphatic rings. The van der Waals surface area contributed by atoms with Gasteiger partial charge in [0.15, 0.2) is 11.6 Å². The van der Waals surface area contributed by atoms with Crippen LogP contribution in [-0.2, 0) is 0 Å². The molecule has 2 rings (SSSR count). The van der Waals surface area contributed by atoms with Crippen molar-refractivity contribution in [3.63, 3.8) is 0 Å². The van der Waals surface area contributed by atoms with E-state index in [2.05, 4.69) is 21.2 Å². The van der Waals surface area contributed by atoms with Gasteiger partial charge >= 0.3 is 0 Å². The largest absolute Gasteiger partial charge is 0.306 e. The fraction of sp³-hybridized carbons (Fsp3) is 0.286. The number of thiophene rings is 1. The van der Waals surface area contributed by atoms with E-state index >= 15 is 0 Å². The Hall–Kier alpha value is -0.780. The van der Waals surface area contributed by atoms with Crippen LogP contribution < -0.4 is 5.32 Å². The highest BCUT2D eigenvalue weighted by Crippen LogP contribution is 2.31. The second kappa shape index (κ2) is 6.59. The fourth-order valence-corrected chi connectivity index (χ4v) is 3.12. The second-order valence-electron chi connectivity index (χ2n) is 4.21. The lowest BCUT2D eigenvalue weighted by atomic mass is 10.0. The molecule has 0 aliphatic carbocycles. The van der Waals surface area contributed by atoms with Gasteiger partial charge in [-0.3, -0.25) is 0 Å². The first-order chi connectivity index (χ1) is 9.13. The zero-order valence-corrected chi connectivity index (χ0v) is 12.8. The minimum Gasteiger partial charge on any atom is -0.306 e. The summed E-state index contributed by atoms with van der Waals surface area (Å²) in [5.74, 6) is -1.59. The Kier molecular flexibility index (Phi) is 5.07. The van der Waals surface area contributed by atoms with E-state index in [1.165, 1.54) is 17.4 Å². The van der Waals surface area contributed by atoms with Crippen molar-refractivity contribution in [3.05, 3.63) is 56.2 Å². The lowest BCUT2D eigenvalue weighted by Crippen LogP contribution is -2.24. The van der Waals surface area contributed by atoms with Gasteiger partial charge in [0.25, 0.3) is 0 Å². The molecule has 1 N–H and O–H groups in total. The number of hydrogen-bond acceptors (Lipinski definition) is 2. The molecule has 1 nitrogen and oxygen atoms in total. The van der Waals surface area contributed by atoms with E-state index in [4.69, 9.17) is 0 Å². The molecule has 0 bridgehead atoms. The predicted octanol–water partition coefficient (Wildman–Crippen LogP) is 4.88. The van der Waals surface area contributed by atoms with Crippen LogP contribution in [-0.4, -0.2) is 6.54 Å². The molecular weight excluding hydrogens is 332 g/mol. The fourth-order valence-electron chi connectivity index (χ4n) is 1.91. The molecule has 0 saturated heterocycles. The van der Waals surface area contributed by atoms with Crippen molar-refractivity contribution in [2.75, 3.05) is 6.54 Å². The average Bonchev–Trinajstić information content (AvgIpc) is 2.81. The quantitative estimate of drug-likeness (QED) is 0.814. The Labute approximate surface area is 123 Å². The highest BCUT2D eigenvalue weighted by atomic mass is 79.9. The van der Waals surface area contributed by atoms with Crippen molar-refractivity contribution in [1.82, 2.24) is 5.32 Å². The van der Waals surface area contributed by atoms with Crippen LogP contribution in [0.15, 0.2) is 33.4 Å². The average molecular weight is 346 g/mol.